The van der Waals surface area contributed by atoms with Gasteiger partial charge in [-0.25, -0.2) is 4.39 Å². The molecule has 1 aliphatic heterocycles. The molecule has 0 radical (unpaired) electrons. The van der Waals surface area contributed by atoms with Gasteiger partial charge in [-0.2, -0.15) is 0 Å². The fourth-order valence-corrected chi connectivity index (χ4v) is 2.68. The first-order valence-electron chi connectivity index (χ1n) is 7.99. The third kappa shape index (κ3) is 5.48. The monoisotopic (exact) mass is 323 g/mol. The molecule has 1 heterocycles. The highest BCUT2D eigenvalue weighted by molar-refractivity contribution is 5.79. The van der Waals surface area contributed by atoms with E-state index in [1.54, 1.807) is 26.3 Å². The van der Waals surface area contributed by atoms with E-state index in [0.717, 1.165) is 44.0 Å². The Bertz CT molecular complexity index is 516. The third-order valence-corrected chi connectivity index (χ3v) is 4.23. The Kier molecular flexibility index (Phi) is 6.80. The van der Waals surface area contributed by atoms with Crippen LogP contribution in [0.4, 0.5) is 4.39 Å². The number of benzene rings is 1. The van der Waals surface area contributed by atoms with E-state index in [-0.39, 0.29) is 11.4 Å². The van der Waals surface area contributed by atoms with E-state index in [9.17, 15) is 4.39 Å². The lowest BCUT2D eigenvalue weighted by Gasteiger charge is -2.36. The first kappa shape index (κ1) is 17.7. The van der Waals surface area contributed by atoms with Crippen LogP contribution in [0, 0.1) is 5.82 Å². The molecule has 2 N–H and O–H groups in total. The normalized spacial score (nSPS) is 17.8. The summed E-state index contributed by atoms with van der Waals surface area (Å²) in [5, 5.41) is 6.56. The standard InChI is InChI=1S/C17H26FN3O2/c1-19-16(20-9-6-14-4-3-5-15(18)12-14)21-13-17(22-2)7-10-23-11-8-17/h3-5,12H,6-11,13H2,1-2H3,(H2,19,20,21). The molecule has 5 nitrogen and oxygen atoms in total. The number of guanidine groups is 1. The summed E-state index contributed by atoms with van der Waals surface area (Å²) in [6, 6.07) is 6.66. The van der Waals surface area contributed by atoms with Crippen LogP contribution in [-0.4, -0.2) is 52.0 Å². The van der Waals surface area contributed by atoms with Gasteiger partial charge < -0.3 is 20.1 Å². The largest absolute Gasteiger partial charge is 0.381 e. The van der Waals surface area contributed by atoms with Crippen molar-refractivity contribution in [2.24, 2.45) is 4.99 Å². The minimum absolute atomic E-state index is 0.196. The van der Waals surface area contributed by atoms with Crippen molar-refractivity contribution in [1.29, 1.82) is 0 Å². The highest BCUT2D eigenvalue weighted by Crippen LogP contribution is 2.23. The maximum atomic E-state index is 13.1. The molecule has 0 aromatic heterocycles. The number of hydrogen-bond donors (Lipinski definition) is 2. The van der Waals surface area contributed by atoms with Gasteiger partial charge in [0, 0.05) is 53.3 Å². The number of hydrogen-bond acceptors (Lipinski definition) is 3. The molecule has 0 amide bonds. The Morgan fingerprint density at radius 3 is 2.78 bits per heavy atom. The van der Waals surface area contributed by atoms with E-state index < -0.39 is 0 Å². The van der Waals surface area contributed by atoms with Crippen LogP contribution in [0.1, 0.15) is 18.4 Å². The van der Waals surface area contributed by atoms with Gasteiger partial charge >= 0.3 is 0 Å². The van der Waals surface area contributed by atoms with Crippen molar-refractivity contribution in [3.05, 3.63) is 35.6 Å². The average molecular weight is 323 g/mol. The summed E-state index contributed by atoms with van der Waals surface area (Å²) in [5.74, 6) is 0.524. The summed E-state index contributed by atoms with van der Waals surface area (Å²) in [6.45, 7) is 2.82. The quantitative estimate of drug-likeness (QED) is 0.618. The zero-order chi connectivity index (χ0) is 16.5. The summed E-state index contributed by atoms with van der Waals surface area (Å²) in [4.78, 5) is 4.22. The number of methoxy groups -OCH3 is 1. The molecule has 1 aromatic rings. The van der Waals surface area contributed by atoms with Crippen molar-refractivity contribution in [3.8, 4) is 0 Å². The van der Waals surface area contributed by atoms with Crippen LogP contribution in [0.15, 0.2) is 29.3 Å². The predicted octanol–water partition coefficient (Wildman–Crippen LogP) is 1.73. The van der Waals surface area contributed by atoms with Crippen molar-refractivity contribution in [1.82, 2.24) is 10.6 Å². The molecule has 0 unspecified atom stereocenters. The Balaban J connectivity index is 1.77. The second kappa shape index (κ2) is 8.84. The fourth-order valence-electron chi connectivity index (χ4n) is 2.68. The SMILES string of the molecule is CN=C(NCCc1cccc(F)c1)NCC1(OC)CCOCC1. The molecule has 128 valence electrons. The third-order valence-electron chi connectivity index (χ3n) is 4.23. The molecular weight excluding hydrogens is 297 g/mol. The van der Waals surface area contributed by atoms with Gasteiger partial charge in [0.25, 0.3) is 0 Å². The van der Waals surface area contributed by atoms with Crippen molar-refractivity contribution in [3.63, 3.8) is 0 Å². The Morgan fingerprint density at radius 2 is 2.13 bits per heavy atom. The van der Waals surface area contributed by atoms with Gasteiger partial charge in [-0.1, -0.05) is 12.1 Å². The van der Waals surface area contributed by atoms with Crippen LogP contribution in [0.2, 0.25) is 0 Å². The van der Waals surface area contributed by atoms with E-state index >= 15 is 0 Å². The molecule has 0 aliphatic carbocycles. The van der Waals surface area contributed by atoms with E-state index in [0.29, 0.717) is 13.1 Å². The number of ether oxygens (including phenoxy) is 2. The fraction of sp³-hybridized carbons (Fsp3) is 0.588. The lowest BCUT2D eigenvalue weighted by molar-refractivity contribution is -0.0855. The van der Waals surface area contributed by atoms with E-state index in [1.807, 2.05) is 6.07 Å². The van der Waals surface area contributed by atoms with Gasteiger partial charge in [-0.15, -0.1) is 0 Å². The number of halogens is 1. The maximum Gasteiger partial charge on any atom is 0.191 e. The van der Waals surface area contributed by atoms with Gasteiger partial charge in [0.2, 0.25) is 0 Å². The summed E-state index contributed by atoms with van der Waals surface area (Å²) >= 11 is 0. The summed E-state index contributed by atoms with van der Waals surface area (Å²) < 4.78 is 24.2. The molecule has 0 saturated carbocycles. The van der Waals surface area contributed by atoms with Gasteiger partial charge in [0.05, 0.1) is 5.60 Å². The first-order chi connectivity index (χ1) is 11.2. The number of nitrogens with zero attached hydrogens (tertiary/aromatic N) is 1. The van der Waals surface area contributed by atoms with E-state index in [1.165, 1.54) is 6.07 Å². The summed E-state index contributed by atoms with van der Waals surface area (Å²) in [5.41, 5.74) is 0.768. The highest BCUT2D eigenvalue weighted by Gasteiger charge is 2.32. The zero-order valence-electron chi connectivity index (χ0n) is 13.9. The van der Waals surface area contributed by atoms with Crippen molar-refractivity contribution < 1.29 is 13.9 Å². The Hall–Kier alpha value is -1.66. The lowest BCUT2D eigenvalue weighted by atomic mass is 9.94. The van der Waals surface area contributed by atoms with Crippen molar-refractivity contribution in [2.45, 2.75) is 24.9 Å². The molecule has 1 aliphatic rings. The molecule has 0 atom stereocenters. The highest BCUT2D eigenvalue weighted by atomic mass is 19.1. The van der Waals surface area contributed by atoms with Gasteiger partial charge in [0.15, 0.2) is 5.96 Å². The number of aliphatic imine (C=N–C) groups is 1. The summed E-state index contributed by atoms with van der Waals surface area (Å²) in [6.07, 6.45) is 2.48. The van der Waals surface area contributed by atoms with Crippen LogP contribution >= 0.6 is 0 Å². The smallest absolute Gasteiger partial charge is 0.191 e. The molecule has 2 rings (SSSR count). The minimum Gasteiger partial charge on any atom is -0.381 e. The van der Waals surface area contributed by atoms with Crippen LogP contribution in [0.25, 0.3) is 0 Å². The summed E-state index contributed by atoms with van der Waals surface area (Å²) in [7, 11) is 3.48. The average Bonchev–Trinajstić information content (AvgIpc) is 2.59. The molecule has 1 fully saturated rings. The lowest BCUT2D eigenvalue weighted by Crippen LogP contribution is -2.51. The number of rotatable bonds is 6. The molecule has 6 heteroatoms. The molecule has 1 aromatic carbocycles. The zero-order valence-corrected chi connectivity index (χ0v) is 13.9. The minimum atomic E-state index is -0.202. The van der Waals surface area contributed by atoms with Crippen molar-refractivity contribution in [2.75, 3.05) is 40.5 Å². The van der Waals surface area contributed by atoms with Gasteiger partial charge in [0.1, 0.15) is 5.82 Å². The molecule has 0 bridgehead atoms. The molecule has 1 saturated heterocycles. The van der Waals surface area contributed by atoms with Crippen LogP contribution < -0.4 is 10.6 Å². The van der Waals surface area contributed by atoms with Crippen LogP contribution in [0.5, 0.6) is 0 Å². The number of nitrogens with one attached hydrogen (secondary N) is 2. The van der Waals surface area contributed by atoms with Gasteiger partial charge in [-0.05, 0) is 24.1 Å². The van der Waals surface area contributed by atoms with Gasteiger partial charge in [-0.3, -0.25) is 4.99 Å². The van der Waals surface area contributed by atoms with E-state index in [4.69, 9.17) is 9.47 Å². The molecule has 23 heavy (non-hydrogen) atoms. The second-order valence-electron chi connectivity index (χ2n) is 5.73. The Morgan fingerprint density at radius 1 is 1.35 bits per heavy atom. The topological polar surface area (TPSA) is 54.9 Å². The maximum absolute atomic E-state index is 13.1. The molecule has 0 spiro atoms. The molecular formula is C17H26FN3O2. The van der Waals surface area contributed by atoms with Crippen molar-refractivity contribution >= 4 is 5.96 Å². The second-order valence-corrected chi connectivity index (χ2v) is 5.73. The Labute approximate surface area is 137 Å². The predicted molar refractivity (Wildman–Crippen MR) is 89.3 cm³/mol. The first-order valence-corrected chi connectivity index (χ1v) is 7.99. The van der Waals surface area contributed by atoms with E-state index in [2.05, 4.69) is 15.6 Å². The van der Waals surface area contributed by atoms with Crippen LogP contribution in [-0.2, 0) is 15.9 Å². The van der Waals surface area contributed by atoms with Crippen LogP contribution in [0.3, 0.4) is 0 Å².